The van der Waals surface area contributed by atoms with Gasteiger partial charge >= 0.3 is 0 Å². The molecule has 0 aliphatic heterocycles. The maximum absolute atomic E-state index is 5.62. The van der Waals surface area contributed by atoms with Gasteiger partial charge in [-0.2, -0.15) is 0 Å². The van der Waals surface area contributed by atoms with Crippen LogP contribution in [0.3, 0.4) is 0 Å². The first-order valence-corrected chi connectivity index (χ1v) is 9.94. The van der Waals surface area contributed by atoms with E-state index in [1.165, 1.54) is 11.1 Å². The normalized spacial score (nSPS) is 11.6. The largest absolute Gasteiger partial charge is 0.374 e. The molecule has 2 aromatic rings. The van der Waals surface area contributed by atoms with E-state index in [2.05, 4.69) is 64.1 Å². The van der Waals surface area contributed by atoms with Crippen molar-refractivity contribution in [1.29, 1.82) is 0 Å². The summed E-state index contributed by atoms with van der Waals surface area (Å²) in [5.74, 6) is 1.24. The van der Waals surface area contributed by atoms with Gasteiger partial charge in [-0.15, -0.1) is 35.3 Å². The van der Waals surface area contributed by atoms with E-state index >= 15 is 0 Å². The Hall–Kier alpha value is -1.19. The maximum atomic E-state index is 5.62. The van der Waals surface area contributed by atoms with E-state index in [9.17, 15) is 0 Å². The third-order valence-corrected chi connectivity index (χ3v) is 4.73. The third kappa shape index (κ3) is 8.57. The van der Waals surface area contributed by atoms with Crippen LogP contribution >= 0.6 is 35.3 Å². The average Bonchev–Trinajstić information content (AvgIpc) is 3.10. The van der Waals surface area contributed by atoms with Crippen molar-refractivity contribution in [3.8, 4) is 0 Å². The second-order valence-electron chi connectivity index (χ2n) is 6.78. The van der Waals surface area contributed by atoms with Crippen LogP contribution in [0, 0.1) is 0 Å². The Balaban J connectivity index is 0.00000364. The van der Waals surface area contributed by atoms with Crippen molar-refractivity contribution >= 4 is 41.3 Å². The monoisotopic (exact) mass is 502 g/mol. The summed E-state index contributed by atoms with van der Waals surface area (Å²) in [4.78, 5) is 8.91. The highest BCUT2D eigenvalue weighted by atomic mass is 127. The zero-order chi connectivity index (χ0) is 18.9. The van der Waals surface area contributed by atoms with Crippen molar-refractivity contribution in [3.63, 3.8) is 0 Å². The molecule has 1 aromatic carbocycles. The molecular formula is C20H31IN4OS. The van der Waals surface area contributed by atoms with Crippen LogP contribution < -0.4 is 10.6 Å². The fraction of sp³-hybridized carbons (Fsp3) is 0.500. The number of nitrogens with one attached hydrogen (secondary N) is 2. The van der Waals surface area contributed by atoms with Gasteiger partial charge in [0, 0.05) is 19.0 Å². The van der Waals surface area contributed by atoms with Gasteiger partial charge in [0.25, 0.3) is 0 Å². The molecule has 1 heterocycles. The molecule has 0 fully saturated rings. The first kappa shape index (κ1) is 23.8. The number of aromatic nitrogens is 1. The van der Waals surface area contributed by atoms with Gasteiger partial charge in [-0.25, -0.2) is 4.98 Å². The molecule has 0 aliphatic rings. The van der Waals surface area contributed by atoms with E-state index in [1.54, 1.807) is 18.4 Å². The van der Waals surface area contributed by atoms with Crippen molar-refractivity contribution in [2.24, 2.45) is 4.99 Å². The topological polar surface area (TPSA) is 58.5 Å². The average molecular weight is 502 g/mol. The van der Waals surface area contributed by atoms with Crippen LogP contribution in [0.25, 0.3) is 0 Å². The van der Waals surface area contributed by atoms with Gasteiger partial charge in [0.05, 0.1) is 24.9 Å². The van der Waals surface area contributed by atoms with Crippen molar-refractivity contribution in [3.05, 3.63) is 51.5 Å². The highest BCUT2D eigenvalue weighted by Crippen LogP contribution is 2.17. The Morgan fingerprint density at radius 2 is 1.70 bits per heavy atom. The van der Waals surface area contributed by atoms with E-state index in [0.29, 0.717) is 19.1 Å². The third-order valence-electron chi connectivity index (χ3n) is 3.86. The number of rotatable bonds is 8. The van der Waals surface area contributed by atoms with Gasteiger partial charge in [0.15, 0.2) is 5.96 Å². The summed E-state index contributed by atoms with van der Waals surface area (Å²) in [5.41, 5.74) is 3.54. The van der Waals surface area contributed by atoms with Crippen LogP contribution in [0.4, 0.5) is 0 Å². The lowest BCUT2D eigenvalue weighted by atomic mass is 10.1. The molecule has 2 rings (SSSR count). The molecule has 0 amide bonds. The zero-order valence-corrected chi connectivity index (χ0v) is 19.9. The van der Waals surface area contributed by atoms with Crippen LogP contribution in [0.5, 0.6) is 0 Å². The molecule has 0 atom stereocenters. The number of guanidine groups is 1. The number of thiazole rings is 1. The van der Waals surface area contributed by atoms with Crippen LogP contribution in [0.2, 0.25) is 0 Å². The number of benzene rings is 1. The molecule has 0 saturated heterocycles. The number of hydrogen-bond acceptors (Lipinski definition) is 4. The Labute approximate surface area is 184 Å². The molecule has 0 radical (unpaired) electrons. The minimum Gasteiger partial charge on any atom is -0.374 e. The van der Waals surface area contributed by atoms with E-state index in [-0.39, 0.29) is 30.1 Å². The van der Waals surface area contributed by atoms with E-state index in [4.69, 9.17) is 4.74 Å². The lowest BCUT2D eigenvalue weighted by Gasteiger charge is -2.12. The van der Waals surface area contributed by atoms with E-state index < -0.39 is 0 Å². The zero-order valence-electron chi connectivity index (χ0n) is 16.8. The summed E-state index contributed by atoms with van der Waals surface area (Å²) in [6.45, 7) is 10.5. The standard InChI is InChI=1S/C20H30N4OS.HI/c1-14(2)18-13-26-19(24-18)11-23-20(21-5)22-10-16-6-8-17(9-7-16)12-25-15(3)4;/h6-9,13-15H,10-12H2,1-5H3,(H2,21,22,23);1H. The second-order valence-corrected chi connectivity index (χ2v) is 7.72. The smallest absolute Gasteiger partial charge is 0.191 e. The number of halogens is 1. The maximum Gasteiger partial charge on any atom is 0.191 e. The number of nitrogens with zero attached hydrogens (tertiary/aromatic N) is 2. The van der Waals surface area contributed by atoms with Crippen LogP contribution in [0.1, 0.15) is 55.4 Å². The minimum atomic E-state index is 0. The molecule has 27 heavy (non-hydrogen) atoms. The second kappa shape index (κ2) is 12.3. The van der Waals surface area contributed by atoms with Crippen LogP contribution in [0.15, 0.2) is 34.6 Å². The molecule has 5 nitrogen and oxygen atoms in total. The Morgan fingerprint density at radius 3 is 2.26 bits per heavy atom. The first-order valence-electron chi connectivity index (χ1n) is 9.06. The lowest BCUT2D eigenvalue weighted by molar-refractivity contribution is 0.0657. The summed E-state index contributed by atoms with van der Waals surface area (Å²) in [5, 5.41) is 9.86. The van der Waals surface area contributed by atoms with Gasteiger partial charge in [-0.05, 0) is 30.9 Å². The van der Waals surface area contributed by atoms with Gasteiger partial charge in [-0.3, -0.25) is 4.99 Å². The molecule has 0 saturated carbocycles. The first-order chi connectivity index (χ1) is 12.5. The number of aliphatic imine (C=N–C) groups is 1. The van der Waals surface area contributed by atoms with Gasteiger partial charge in [0.1, 0.15) is 5.01 Å². The number of hydrogen-bond donors (Lipinski definition) is 2. The predicted octanol–water partition coefficient (Wildman–Crippen LogP) is 4.67. The highest BCUT2D eigenvalue weighted by molar-refractivity contribution is 14.0. The quantitative estimate of drug-likeness (QED) is 0.313. The predicted molar refractivity (Wildman–Crippen MR) is 125 cm³/mol. The van der Waals surface area contributed by atoms with Crippen molar-refractivity contribution < 1.29 is 4.74 Å². The summed E-state index contributed by atoms with van der Waals surface area (Å²) in [6.07, 6.45) is 0.250. The molecule has 2 N–H and O–H groups in total. The van der Waals surface area contributed by atoms with Crippen molar-refractivity contribution in [2.45, 2.75) is 59.4 Å². The van der Waals surface area contributed by atoms with Gasteiger partial charge < -0.3 is 15.4 Å². The lowest BCUT2D eigenvalue weighted by Crippen LogP contribution is -2.36. The summed E-state index contributed by atoms with van der Waals surface area (Å²) in [6, 6.07) is 8.46. The number of ether oxygens (including phenoxy) is 1. The Bertz CT molecular complexity index is 698. The molecule has 0 aliphatic carbocycles. The molecule has 0 unspecified atom stereocenters. The molecule has 150 valence electrons. The summed E-state index contributed by atoms with van der Waals surface area (Å²) < 4.78 is 5.62. The Morgan fingerprint density at radius 1 is 1.07 bits per heavy atom. The Kier molecular flexibility index (Phi) is 10.9. The summed E-state index contributed by atoms with van der Waals surface area (Å²) in [7, 11) is 1.78. The molecule has 0 spiro atoms. The highest BCUT2D eigenvalue weighted by Gasteiger charge is 2.06. The molecule has 7 heteroatoms. The van der Waals surface area contributed by atoms with Crippen LogP contribution in [-0.2, 0) is 24.4 Å². The van der Waals surface area contributed by atoms with Gasteiger partial charge in [0.2, 0.25) is 0 Å². The van der Waals surface area contributed by atoms with Gasteiger partial charge in [-0.1, -0.05) is 38.1 Å². The van der Waals surface area contributed by atoms with Crippen molar-refractivity contribution in [1.82, 2.24) is 15.6 Å². The minimum absolute atomic E-state index is 0. The fourth-order valence-corrected chi connectivity index (χ4v) is 3.15. The molecule has 0 bridgehead atoms. The summed E-state index contributed by atoms with van der Waals surface area (Å²) >= 11 is 1.68. The molecular weight excluding hydrogens is 471 g/mol. The molecule has 1 aromatic heterocycles. The van der Waals surface area contributed by atoms with Crippen LogP contribution in [-0.4, -0.2) is 24.1 Å². The van der Waals surface area contributed by atoms with E-state index in [0.717, 1.165) is 23.2 Å². The van der Waals surface area contributed by atoms with Crippen molar-refractivity contribution in [2.75, 3.05) is 7.05 Å². The fourth-order valence-electron chi connectivity index (χ4n) is 2.25. The van der Waals surface area contributed by atoms with E-state index in [1.807, 2.05) is 13.8 Å². The SMILES string of the molecule is CN=C(NCc1ccc(COC(C)C)cc1)NCc1nc(C(C)C)cs1.I.